The molecule has 0 aromatic rings. The van der Waals surface area contributed by atoms with Crippen molar-refractivity contribution in [1.82, 2.24) is 0 Å². The summed E-state index contributed by atoms with van der Waals surface area (Å²) in [6, 6.07) is 0. The SMILES string of the molecule is CCCC1(CC)C=CC=CC1OCC(=O)O. The normalized spacial score (nSPS) is 28.2. The summed E-state index contributed by atoms with van der Waals surface area (Å²) in [5, 5.41) is 8.65. The van der Waals surface area contributed by atoms with Crippen molar-refractivity contribution in [3.63, 3.8) is 0 Å². The van der Waals surface area contributed by atoms with Gasteiger partial charge in [-0.05, 0) is 12.8 Å². The van der Waals surface area contributed by atoms with E-state index in [0.29, 0.717) is 0 Å². The first kappa shape index (κ1) is 13.0. The molecule has 2 atom stereocenters. The summed E-state index contributed by atoms with van der Waals surface area (Å²) < 4.78 is 5.47. The molecular weight excluding hydrogens is 204 g/mol. The summed E-state index contributed by atoms with van der Waals surface area (Å²) >= 11 is 0. The fourth-order valence-electron chi connectivity index (χ4n) is 2.27. The van der Waals surface area contributed by atoms with Gasteiger partial charge < -0.3 is 9.84 Å². The van der Waals surface area contributed by atoms with Crippen molar-refractivity contribution in [1.29, 1.82) is 0 Å². The summed E-state index contributed by atoms with van der Waals surface area (Å²) in [6.45, 7) is 4.03. The lowest BCUT2D eigenvalue weighted by atomic mass is 9.73. The molecule has 0 aromatic heterocycles. The molecule has 0 radical (unpaired) electrons. The zero-order chi connectivity index (χ0) is 12.0. The molecule has 0 bridgehead atoms. The third-order valence-electron chi connectivity index (χ3n) is 3.15. The van der Waals surface area contributed by atoms with Crippen molar-refractivity contribution in [2.24, 2.45) is 5.41 Å². The van der Waals surface area contributed by atoms with Crippen molar-refractivity contribution in [2.45, 2.75) is 39.2 Å². The maximum atomic E-state index is 10.5. The van der Waals surface area contributed by atoms with Crippen LogP contribution in [0.1, 0.15) is 33.1 Å². The van der Waals surface area contributed by atoms with Crippen LogP contribution in [0.3, 0.4) is 0 Å². The summed E-state index contributed by atoms with van der Waals surface area (Å²) in [6.07, 6.45) is 11.0. The number of hydrogen-bond acceptors (Lipinski definition) is 2. The fraction of sp³-hybridized carbons (Fsp3) is 0.615. The van der Waals surface area contributed by atoms with E-state index < -0.39 is 5.97 Å². The maximum absolute atomic E-state index is 10.5. The van der Waals surface area contributed by atoms with Gasteiger partial charge in [0.1, 0.15) is 6.61 Å². The maximum Gasteiger partial charge on any atom is 0.329 e. The second-order valence-corrected chi connectivity index (χ2v) is 4.21. The van der Waals surface area contributed by atoms with Crippen molar-refractivity contribution in [3.05, 3.63) is 24.3 Å². The number of carboxylic acid groups (broad SMARTS) is 1. The van der Waals surface area contributed by atoms with Crippen LogP contribution in [-0.2, 0) is 9.53 Å². The van der Waals surface area contributed by atoms with Crippen LogP contribution in [0, 0.1) is 5.41 Å². The predicted molar refractivity (Wildman–Crippen MR) is 63.3 cm³/mol. The Balaban J connectivity index is 2.73. The van der Waals surface area contributed by atoms with E-state index in [9.17, 15) is 4.79 Å². The van der Waals surface area contributed by atoms with Crippen LogP contribution in [0.4, 0.5) is 0 Å². The number of ether oxygens (including phenoxy) is 1. The Morgan fingerprint density at radius 1 is 1.44 bits per heavy atom. The molecule has 1 aliphatic carbocycles. The van der Waals surface area contributed by atoms with E-state index in [0.717, 1.165) is 19.3 Å². The van der Waals surface area contributed by atoms with Crippen LogP contribution >= 0.6 is 0 Å². The summed E-state index contributed by atoms with van der Waals surface area (Å²) in [7, 11) is 0. The molecule has 90 valence electrons. The molecule has 0 heterocycles. The Labute approximate surface area is 96.8 Å². The second-order valence-electron chi connectivity index (χ2n) is 4.21. The van der Waals surface area contributed by atoms with Crippen LogP contribution in [-0.4, -0.2) is 23.8 Å². The molecule has 1 aliphatic rings. The number of allylic oxidation sites excluding steroid dienone is 2. The summed E-state index contributed by atoms with van der Waals surface area (Å²) in [5.41, 5.74) is -0.0288. The monoisotopic (exact) mass is 224 g/mol. The lowest BCUT2D eigenvalue weighted by Crippen LogP contribution is -2.36. The molecule has 1 rings (SSSR count). The van der Waals surface area contributed by atoms with Gasteiger partial charge in [0.25, 0.3) is 0 Å². The molecule has 0 fully saturated rings. The third-order valence-corrected chi connectivity index (χ3v) is 3.15. The van der Waals surface area contributed by atoms with Crippen LogP contribution in [0.25, 0.3) is 0 Å². The first-order chi connectivity index (χ1) is 7.64. The molecule has 0 amide bonds. The molecular formula is C13H20O3. The molecule has 2 unspecified atom stereocenters. The highest BCUT2D eigenvalue weighted by Gasteiger charge is 2.34. The van der Waals surface area contributed by atoms with E-state index in [1.807, 2.05) is 18.2 Å². The minimum absolute atomic E-state index is 0.0288. The first-order valence-electron chi connectivity index (χ1n) is 5.84. The Morgan fingerprint density at radius 2 is 2.19 bits per heavy atom. The first-order valence-corrected chi connectivity index (χ1v) is 5.84. The average Bonchev–Trinajstić information content (AvgIpc) is 2.28. The largest absolute Gasteiger partial charge is 0.480 e. The third kappa shape index (κ3) is 2.95. The Morgan fingerprint density at radius 3 is 2.75 bits per heavy atom. The molecule has 0 saturated heterocycles. The van der Waals surface area contributed by atoms with Crippen molar-refractivity contribution in [2.75, 3.05) is 6.61 Å². The van der Waals surface area contributed by atoms with Gasteiger partial charge in [0.05, 0.1) is 6.10 Å². The highest BCUT2D eigenvalue weighted by Crippen LogP contribution is 2.38. The zero-order valence-corrected chi connectivity index (χ0v) is 9.98. The topological polar surface area (TPSA) is 46.5 Å². The Hall–Kier alpha value is -1.09. The molecule has 3 nitrogen and oxygen atoms in total. The minimum Gasteiger partial charge on any atom is -0.480 e. The van der Waals surface area contributed by atoms with Crippen LogP contribution < -0.4 is 0 Å². The van der Waals surface area contributed by atoms with Gasteiger partial charge in [-0.2, -0.15) is 0 Å². The highest BCUT2D eigenvalue weighted by molar-refractivity contribution is 5.68. The average molecular weight is 224 g/mol. The number of aliphatic carboxylic acids is 1. The van der Waals surface area contributed by atoms with Gasteiger partial charge in [0, 0.05) is 5.41 Å². The lowest BCUT2D eigenvalue weighted by Gasteiger charge is -2.37. The van der Waals surface area contributed by atoms with E-state index in [-0.39, 0.29) is 18.1 Å². The van der Waals surface area contributed by atoms with Crippen LogP contribution in [0.2, 0.25) is 0 Å². The minimum atomic E-state index is -0.913. The molecule has 0 aliphatic heterocycles. The number of carboxylic acids is 1. The van der Waals surface area contributed by atoms with Gasteiger partial charge >= 0.3 is 5.97 Å². The van der Waals surface area contributed by atoms with E-state index in [2.05, 4.69) is 19.9 Å². The molecule has 0 spiro atoms. The van der Waals surface area contributed by atoms with Gasteiger partial charge in [-0.1, -0.05) is 44.6 Å². The molecule has 0 saturated carbocycles. The van der Waals surface area contributed by atoms with E-state index in [4.69, 9.17) is 9.84 Å². The van der Waals surface area contributed by atoms with E-state index in [1.165, 1.54) is 0 Å². The van der Waals surface area contributed by atoms with E-state index in [1.54, 1.807) is 0 Å². The van der Waals surface area contributed by atoms with Crippen molar-refractivity contribution in [3.8, 4) is 0 Å². The van der Waals surface area contributed by atoms with Gasteiger partial charge in [0.15, 0.2) is 0 Å². The van der Waals surface area contributed by atoms with Gasteiger partial charge in [-0.25, -0.2) is 4.79 Å². The molecule has 16 heavy (non-hydrogen) atoms. The molecule has 1 N–H and O–H groups in total. The molecule has 3 heteroatoms. The second kappa shape index (κ2) is 5.85. The quantitative estimate of drug-likeness (QED) is 0.754. The number of carbonyl (C=O) groups is 1. The van der Waals surface area contributed by atoms with E-state index >= 15 is 0 Å². The fourth-order valence-corrected chi connectivity index (χ4v) is 2.27. The van der Waals surface area contributed by atoms with Crippen LogP contribution in [0.5, 0.6) is 0 Å². The predicted octanol–water partition coefficient (Wildman–Crippen LogP) is 2.78. The van der Waals surface area contributed by atoms with Gasteiger partial charge in [-0.3, -0.25) is 0 Å². The molecule has 0 aromatic carbocycles. The number of hydrogen-bond donors (Lipinski definition) is 1. The van der Waals surface area contributed by atoms with Crippen LogP contribution in [0.15, 0.2) is 24.3 Å². The zero-order valence-electron chi connectivity index (χ0n) is 9.98. The Kier molecular flexibility index (Phi) is 4.74. The summed E-state index contributed by atoms with van der Waals surface area (Å²) in [5.74, 6) is -0.913. The Bertz CT molecular complexity index is 294. The highest BCUT2D eigenvalue weighted by atomic mass is 16.5. The number of rotatable bonds is 6. The van der Waals surface area contributed by atoms with Crippen molar-refractivity contribution < 1.29 is 14.6 Å². The summed E-state index contributed by atoms with van der Waals surface area (Å²) in [4.78, 5) is 10.5. The van der Waals surface area contributed by atoms with Gasteiger partial charge in [0.2, 0.25) is 0 Å². The van der Waals surface area contributed by atoms with Crippen molar-refractivity contribution >= 4 is 5.97 Å². The standard InChI is InChI=1S/C13H20O3/c1-3-8-13(4-2)9-6-5-7-11(13)16-10-12(14)15/h5-7,9,11H,3-4,8,10H2,1-2H3,(H,14,15). The lowest BCUT2D eigenvalue weighted by molar-refractivity contribution is -0.145. The van der Waals surface area contributed by atoms with Gasteiger partial charge in [-0.15, -0.1) is 0 Å². The smallest absolute Gasteiger partial charge is 0.329 e.